The van der Waals surface area contributed by atoms with Crippen molar-refractivity contribution in [2.75, 3.05) is 26.2 Å². The molecule has 106 valence electrons. The lowest BCUT2D eigenvalue weighted by atomic mass is 9.93. The Morgan fingerprint density at radius 1 is 1.37 bits per heavy atom. The molecule has 0 bridgehead atoms. The van der Waals surface area contributed by atoms with Gasteiger partial charge in [0.15, 0.2) is 0 Å². The van der Waals surface area contributed by atoms with Gasteiger partial charge in [0, 0.05) is 19.6 Å². The Morgan fingerprint density at radius 2 is 2.21 bits per heavy atom. The van der Waals surface area contributed by atoms with Crippen molar-refractivity contribution in [3.63, 3.8) is 0 Å². The molecule has 1 aromatic carbocycles. The molecule has 0 amide bonds. The fraction of sp³-hybridized carbons (Fsp3) is 0.625. The van der Waals surface area contributed by atoms with E-state index in [4.69, 9.17) is 10.5 Å². The van der Waals surface area contributed by atoms with Gasteiger partial charge in [0.05, 0.1) is 6.61 Å². The maximum atomic E-state index is 5.78. The average Bonchev–Trinajstić information content (AvgIpc) is 2.74. The van der Waals surface area contributed by atoms with Crippen molar-refractivity contribution in [2.45, 2.75) is 33.2 Å². The van der Waals surface area contributed by atoms with E-state index < -0.39 is 0 Å². The van der Waals surface area contributed by atoms with Crippen LogP contribution in [-0.2, 0) is 6.54 Å². The molecule has 0 aromatic heterocycles. The molecule has 19 heavy (non-hydrogen) atoms. The molecule has 0 unspecified atom stereocenters. The Kier molecular flexibility index (Phi) is 4.83. The Morgan fingerprint density at radius 3 is 2.89 bits per heavy atom. The van der Waals surface area contributed by atoms with Gasteiger partial charge in [0.1, 0.15) is 5.75 Å². The summed E-state index contributed by atoms with van der Waals surface area (Å²) in [5.41, 5.74) is 7.24. The normalized spacial score (nSPS) is 18.7. The highest BCUT2D eigenvalue weighted by atomic mass is 16.5. The number of rotatable bonds is 6. The first kappa shape index (κ1) is 14.4. The van der Waals surface area contributed by atoms with E-state index in [9.17, 15) is 0 Å². The summed E-state index contributed by atoms with van der Waals surface area (Å²) in [7, 11) is 0. The third-order valence-corrected chi connectivity index (χ3v) is 3.78. The van der Waals surface area contributed by atoms with E-state index in [1.807, 2.05) is 24.3 Å². The average molecular weight is 262 g/mol. The SMILES string of the molecule is CC1(C)CCN(CCCOc2cccc(CN)c2)C1. The molecule has 1 aromatic rings. The van der Waals surface area contributed by atoms with Crippen molar-refractivity contribution in [1.82, 2.24) is 4.90 Å². The summed E-state index contributed by atoms with van der Waals surface area (Å²) in [5, 5.41) is 0. The molecule has 2 N–H and O–H groups in total. The van der Waals surface area contributed by atoms with Gasteiger partial charge in [-0.2, -0.15) is 0 Å². The van der Waals surface area contributed by atoms with Crippen LogP contribution in [0.3, 0.4) is 0 Å². The second-order valence-corrected chi connectivity index (χ2v) is 6.24. The predicted molar refractivity (Wildman–Crippen MR) is 79.3 cm³/mol. The van der Waals surface area contributed by atoms with Crippen LogP contribution in [0, 0.1) is 5.41 Å². The standard InChI is InChI=1S/C16H26N2O/c1-16(2)7-9-18(13-16)8-4-10-19-15-6-3-5-14(11-15)12-17/h3,5-6,11H,4,7-10,12-13,17H2,1-2H3. The number of nitrogens with two attached hydrogens (primary N) is 1. The minimum Gasteiger partial charge on any atom is -0.494 e. The third kappa shape index (κ3) is 4.51. The van der Waals surface area contributed by atoms with Gasteiger partial charge in [-0.15, -0.1) is 0 Å². The van der Waals surface area contributed by atoms with Gasteiger partial charge in [-0.05, 0) is 42.5 Å². The first-order chi connectivity index (χ1) is 9.09. The predicted octanol–water partition coefficient (Wildman–Crippen LogP) is 2.65. The zero-order chi connectivity index (χ0) is 13.7. The highest BCUT2D eigenvalue weighted by Gasteiger charge is 2.28. The molecule has 1 fully saturated rings. The lowest BCUT2D eigenvalue weighted by Crippen LogP contribution is -2.25. The maximum Gasteiger partial charge on any atom is 0.119 e. The largest absolute Gasteiger partial charge is 0.494 e. The Hall–Kier alpha value is -1.06. The minimum atomic E-state index is 0.496. The van der Waals surface area contributed by atoms with E-state index in [1.54, 1.807) is 0 Å². The summed E-state index contributed by atoms with van der Waals surface area (Å²) in [5.74, 6) is 0.935. The van der Waals surface area contributed by atoms with Crippen LogP contribution in [0.25, 0.3) is 0 Å². The second kappa shape index (κ2) is 6.40. The highest BCUT2D eigenvalue weighted by molar-refractivity contribution is 5.28. The number of likely N-dealkylation sites (tertiary alicyclic amines) is 1. The summed E-state index contributed by atoms with van der Waals surface area (Å²) < 4.78 is 5.78. The van der Waals surface area contributed by atoms with Crippen molar-refractivity contribution in [3.05, 3.63) is 29.8 Å². The van der Waals surface area contributed by atoms with Gasteiger partial charge >= 0.3 is 0 Å². The Bertz CT molecular complexity index is 403. The van der Waals surface area contributed by atoms with Gasteiger partial charge in [-0.1, -0.05) is 26.0 Å². The number of benzene rings is 1. The summed E-state index contributed by atoms with van der Waals surface area (Å²) in [6.45, 7) is 9.64. The van der Waals surface area contributed by atoms with Crippen LogP contribution in [0.2, 0.25) is 0 Å². The van der Waals surface area contributed by atoms with Crippen LogP contribution < -0.4 is 10.5 Å². The maximum absolute atomic E-state index is 5.78. The zero-order valence-electron chi connectivity index (χ0n) is 12.2. The quantitative estimate of drug-likeness (QED) is 0.801. The monoisotopic (exact) mass is 262 g/mol. The molecule has 0 aliphatic carbocycles. The summed E-state index contributed by atoms with van der Waals surface area (Å²) in [6, 6.07) is 8.05. The molecule has 1 saturated heterocycles. The molecule has 0 atom stereocenters. The van der Waals surface area contributed by atoms with Crippen LogP contribution in [0.5, 0.6) is 5.75 Å². The van der Waals surface area contributed by atoms with E-state index >= 15 is 0 Å². The fourth-order valence-corrected chi connectivity index (χ4v) is 2.66. The van der Waals surface area contributed by atoms with E-state index in [-0.39, 0.29) is 0 Å². The van der Waals surface area contributed by atoms with Crippen molar-refractivity contribution in [3.8, 4) is 5.75 Å². The summed E-state index contributed by atoms with van der Waals surface area (Å²) >= 11 is 0. The topological polar surface area (TPSA) is 38.5 Å². The molecule has 1 heterocycles. The summed E-state index contributed by atoms with van der Waals surface area (Å²) in [6.07, 6.45) is 2.40. The Balaban J connectivity index is 1.67. The van der Waals surface area contributed by atoms with Crippen LogP contribution >= 0.6 is 0 Å². The minimum absolute atomic E-state index is 0.496. The lowest BCUT2D eigenvalue weighted by molar-refractivity contribution is 0.247. The van der Waals surface area contributed by atoms with Crippen molar-refractivity contribution < 1.29 is 4.74 Å². The molecule has 2 rings (SSSR count). The summed E-state index contributed by atoms with van der Waals surface area (Å²) in [4.78, 5) is 2.54. The van der Waals surface area contributed by atoms with Gasteiger partial charge in [-0.3, -0.25) is 0 Å². The van der Waals surface area contributed by atoms with E-state index in [0.717, 1.165) is 30.9 Å². The molecular formula is C16H26N2O. The van der Waals surface area contributed by atoms with Crippen LogP contribution in [-0.4, -0.2) is 31.1 Å². The van der Waals surface area contributed by atoms with E-state index in [2.05, 4.69) is 18.7 Å². The first-order valence-corrected chi connectivity index (χ1v) is 7.23. The number of hydrogen-bond acceptors (Lipinski definition) is 3. The number of hydrogen-bond donors (Lipinski definition) is 1. The van der Waals surface area contributed by atoms with Crippen LogP contribution in [0.4, 0.5) is 0 Å². The van der Waals surface area contributed by atoms with Crippen LogP contribution in [0.1, 0.15) is 32.3 Å². The number of ether oxygens (including phenoxy) is 1. The van der Waals surface area contributed by atoms with Crippen molar-refractivity contribution >= 4 is 0 Å². The molecule has 0 spiro atoms. The van der Waals surface area contributed by atoms with Crippen LogP contribution in [0.15, 0.2) is 24.3 Å². The van der Waals surface area contributed by atoms with E-state index in [1.165, 1.54) is 19.5 Å². The second-order valence-electron chi connectivity index (χ2n) is 6.24. The smallest absolute Gasteiger partial charge is 0.119 e. The van der Waals surface area contributed by atoms with Gasteiger partial charge in [0.25, 0.3) is 0 Å². The zero-order valence-corrected chi connectivity index (χ0v) is 12.2. The van der Waals surface area contributed by atoms with Crippen molar-refractivity contribution in [1.29, 1.82) is 0 Å². The molecule has 3 heteroatoms. The molecule has 1 aliphatic rings. The lowest BCUT2D eigenvalue weighted by Gasteiger charge is -2.19. The van der Waals surface area contributed by atoms with E-state index in [0.29, 0.717) is 12.0 Å². The number of nitrogens with zero attached hydrogens (tertiary/aromatic N) is 1. The molecule has 0 saturated carbocycles. The fourth-order valence-electron chi connectivity index (χ4n) is 2.66. The Labute approximate surface area is 116 Å². The first-order valence-electron chi connectivity index (χ1n) is 7.23. The van der Waals surface area contributed by atoms with Gasteiger partial charge in [0.2, 0.25) is 0 Å². The van der Waals surface area contributed by atoms with Gasteiger partial charge in [-0.25, -0.2) is 0 Å². The molecule has 0 radical (unpaired) electrons. The van der Waals surface area contributed by atoms with Gasteiger partial charge < -0.3 is 15.4 Å². The molecular weight excluding hydrogens is 236 g/mol. The van der Waals surface area contributed by atoms with Crippen molar-refractivity contribution in [2.24, 2.45) is 11.1 Å². The molecule has 3 nitrogen and oxygen atoms in total. The highest BCUT2D eigenvalue weighted by Crippen LogP contribution is 2.28. The molecule has 1 aliphatic heterocycles. The third-order valence-electron chi connectivity index (χ3n) is 3.78.